The van der Waals surface area contributed by atoms with Gasteiger partial charge in [0, 0.05) is 42.2 Å². The number of H-pyrrole nitrogens is 1. The molecule has 2 heterocycles. The first-order chi connectivity index (χ1) is 20.3. The lowest BCUT2D eigenvalue weighted by atomic mass is 9.91. The monoisotopic (exact) mass is 570 g/mol. The predicted octanol–water partition coefficient (Wildman–Crippen LogP) is 2.84. The molecule has 3 unspecified atom stereocenters. The molecule has 0 saturated heterocycles. The van der Waals surface area contributed by atoms with Gasteiger partial charge in [0.25, 0.3) is 11.8 Å². The summed E-state index contributed by atoms with van der Waals surface area (Å²) in [6.07, 6.45) is 3.72. The number of amides is 3. The standard InChI is InChI=1S/C32H34N4O6/c1-42-28-11-5-9-23-22(28)16-25(34-23)32(41)36-17-20-7-3-2-6-18(20)15-26(36)30(39)35-24(14-19-8-4-10-27(19)37)29(38)31(40)33-21-12-13-21/h2-3,5-7,9,11,16,19,21,24,26,34H,4,8,10,12-15,17H2,1H3,(H,33,40)(H,35,39). The van der Waals surface area contributed by atoms with Gasteiger partial charge in [-0.1, -0.05) is 30.3 Å². The van der Waals surface area contributed by atoms with E-state index in [1.807, 2.05) is 42.5 Å². The van der Waals surface area contributed by atoms with Crippen LogP contribution in [0.15, 0.2) is 48.5 Å². The van der Waals surface area contributed by atoms with Gasteiger partial charge in [-0.15, -0.1) is 0 Å². The number of benzene rings is 2. The zero-order valence-corrected chi connectivity index (χ0v) is 23.5. The molecule has 3 atom stereocenters. The van der Waals surface area contributed by atoms with Crippen LogP contribution >= 0.6 is 0 Å². The molecule has 0 spiro atoms. The minimum absolute atomic E-state index is 0.0243. The maximum atomic E-state index is 14.0. The molecule has 10 nitrogen and oxygen atoms in total. The van der Waals surface area contributed by atoms with Crippen LogP contribution in [0.5, 0.6) is 5.75 Å². The van der Waals surface area contributed by atoms with Crippen LogP contribution in [0.1, 0.15) is 60.1 Å². The Bertz CT molecular complexity index is 1570. The number of ketones is 2. The Labute approximate surface area is 243 Å². The van der Waals surface area contributed by atoms with E-state index in [1.54, 1.807) is 13.2 Å². The molecule has 0 radical (unpaired) electrons. The Balaban J connectivity index is 1.29. The van der Waals surface area contributed by atoms with E-state index in [9.17, 15) is 24.0 Å². The summed E-state index contributed by atoms with van der Waals surface area (Å²) in [5.74, 6) is -2.14. The number of nitrogens with zero attached hydrogens (tertiary/aromatic N) is 1. The van der Waals surface area contributed by atoms with Crippen molar-refractivity contribution < 1.29 is 28.7 Å². The molecular formula is C32H34N4O6. The maximum absolute atomic E-state index is 14.0. The van der Waals surface area contributed by atoms with Crippen molar-refractivity contribution in [2.75, 3.05) is 7.11 Å². The molecule has 42 heavy (non-hydrogen) atoms. The molecule has 2 aromatic carbocycles. The Morgan fingerprint density at radius 3 is 2.55 bits per heavy atom. The van der Waals surface area contributed by atoms with Gasteiger partial charge in [-0.3, -0.25) is 24.0 Å². The minimum Gasteiger partial charge on any atom is -0.496 e. The largest absolute Gasteiger partial charge is 0.496 e. The fourth-order valence-electron chi connectivity index (χ4n) is 6.11. The second-order valence-corrected chi connectivity index (χ2v) is 11.5. The highest BCUT2D eigenvalue weighted by atomic mass is 16.5. The van der Waals surface area contributed by atoms with Gasteiger partial charge in [0.15, 0.2) is 0 Å². The number of Topliss-reactive ketones (excluding diaryl/α,β-unsaturated/α-hetero) is 2. The van der Waals surface area contributed by atoms with Gasteiger partial charge < -0.3 is 25.3 Å². The Kier molecular flexibility index (Phi) is 7.53. The van der Waals surface area contributed by atoms with E-state index in [0.717, 1.165) is 41.3 Å². The van der Waals surface area contributed by atoms with Crippen molar-refractivity contribution >= 4 is 40.2 Å². The first-order valence-electron chi connectivity index (χ1n) is 14.5. The van der Waals surface area contributed by atoms with Gasteiger partial charge in [0.05, 0.1) is 13.2 Å². The first-order valence-corrected chi connectivity index (χ1v) is 14.5. The van der Waals surface area contributed by atoms with Crippen molar-refractivity contribution in [2.45, 2.75) is 69.6 Å². The number of carbonyl (C=O) groups is 5. The number of carbonyl (C=O) groups excluding carboxylic acids is 5. The molecule has 2 aliphatic carbocycles. The lowest BCUT2D eigenvalue weighted by Gasteiger charge is -2.36. The molecule has 6 rings (SSSR count). The number of rotatable bonds is 9. The normalized spacial score (nSPS) is 20.6. The van der Waals surface area contributed by atoms with Crippen molar-refractivity contribution in [1.82, 2.24) is 20.5 Å². The van der Waals surface area contributed by atoms with E-state index in [0.29, 0.717) is 24.3 Å². The highest BCUT2D eigenvalue weighted by Crippen LogP contribution is 2.30. The van der Waals surface area contributed by atoms with E-state index in [4.69, 9.17) is 4.74 Å². The lowest BCUT2D eigenvalue weighted by molar-refractivity contribution is -0.141. The SMILES string of the molecule is COc1cccc2[nH]c(C(=O)N3Cc4ccccc4CC3C(=O)NC(CC3CCCC3=O)C(=O)C(=O)NC3CC3)cc12. The lowest BCUT2D eigenvalue weighted by Crippen LogP contribution is -2.57. The van der Waals surface area contributed by atoms with Gasteiger partial charge in [-0.2, -0.15) is 0 Å². The number of aromatic nitrogens is 1. The number of hydrogen-bond donors (Lipinski definition) is 3. The van der Waals surface area contributed by atoms with Crippen molar-refractivity contribution in [3.8, 4) is 5.75 Å². The first kappa shape index (κ1) is 27.7. The van der Waals surface area contributed by atoms with E-state index in [1.165, 1.54) is 4.90 Å². The van der Waals surface area contributed by atoms with Crippen LogP contribution < -0.4 is 15.4 Å². The quantitative estimate of drug-likeness (QED) is 0.339. The minimum atomic E-state index is -1.16. The molecule has 2 saturated carbocycles. The van der Waals surface area contributed by atoms with Gasteiger partial charge in [-0.25, -0.2) is 0 Å². The fourth-order valence-corrected chi connectivity index (χ4v) is 6.11. The van der Waals surface area contributed by atoms with E-state index < -0.39 is 29.7 Å². The second kappa shape index (κ2) is 11.4. The summed E-state index contributed by atoms with van der Waals surface area (Å²) in [6.45, 7) is 0.196. The summed E-state index contributed by atoms with van der Waals surface area (Å²) in [4.78, 5) is 71.0. The second-order valence-electron chi connectivity index (χ2n) is 11.5. The van der Waals surface area contributed by atoms with Crippen molar-refractivity contribution in [1.29, 1.82) is 0 Å². The highest BCUT2D eigenvalue weighted by Gasteiger charge is 2.40. The number of nitrogens with one attached hydrogen (secondary N) is 3. The van der Waals surface area contributed by atoms with E-state index in [-0.39, 0.29) is 43.0 Å². The average molecular weight is 571 g/mol. The van der Waals surface area contributed by atoms with Crippen LogP contribution in [0, 0.1) is 5.92 Å². The highest BCUT2D eigenvalue weighted by molar-refractivity contribution is 6.38. The molecule has 2 fully saturated rings. The van der Waals surface area contributed by atoms with Crippen LogP contribution in [-0.2, 0) is 32.1 Å². The summed E-state index contributed by atoms with van der Waals surface area (Å²) in [7, 11) is 1.56. The van der Waals surface area contributed by atoms with Crippen LogP contribution in [0.25, 0.3) is 10.9 Å². The Morgan fingerprint density at radius 2 is 1.83 bits per heavy atom. The third kappa shape index (κ3) is 5.53. The van der Waals surface area contributed by atoms with Gasteiger partial charge in [0.2, 0.25) is 11.7 Å². The van der Waals surface area contributed by atoms with Crippen LogP contribution in [0.4, 0.5) is 0 Å². The smallest absolute Gasteiger partial charge is 0.289 e. The third-order valence-electron chi connectivity index (χ3n) is 8.61. The zero-order valence-electron chi connectivity index (χ0n) is 23.5. The molecule has 0 bridgehead atoms. The van der Waals surface area contributed by atoms with Crippen LogP contribution in [0.2, 0.25) is 0 Å². The van der Waals surface area contributed by atoms with E-state index in [2.05, 4.69) is 15.6 Å². The number of fused-ring (bicyclic) bond motifs is 2. The number of aromatic amines is 1. The van der Waals surface area contributed by atoms with Crippen molar-refractivity contribution in [3.63, 3.8) is 0 Å². The maximum Gasteiger partial charge on any atom is 0.289 e. The van der Waals surface area contributed by atoms with Gasteiger partial charge in [0.1, 0.15) is 23.3 Å². The molecular weight excluding hydrogens is 536 g/mol. The summed E-state index contributed by atoms with van der Waals surface area (Å²) in [5, 5.41) is 6.24. The molecule has 3 aromatic rings. The summed E-state index contributed by atoms with van der Waals surface area (Å²) < 4.78 is 5.45. The molecule has 3 aliphatic rings. The number of ether oxygens (including phenoxy) is 1. The van der Waals surface area contributed by atoms with Gasteiger partial charge in [-0.05, 0) is 61.4 Å². The zero-order chi connectivity index (χ0) is 29.4. The summed E-state index contributed by atoms with van der Waals surface area (Å²) in [6, 6.07) is 12.7. The van der Waals surface area contributed by atoms with Crippen LogP contribution in [0.3, 0.4) is 0 Å². The third-order valence-corrected chi connectivity index (χ3v) is 8.61. The molecule has 1 aromatic heterocycles. The topological polar surface area (TPSA) is 138 Å². The van der Waals surface area contributed by atoms with Crippen molar-refractivity contribution in [2.24, 2.45) is 5.92 Å². The Morgan fingerprint density at radius 1 is 1.05 bits per heavy atom. The van der Waals surface area contributed by atoms with Gasteiger partial charge >= 0.3 is 0 Å². The molecule has 3 amide bonds. The average Bonchev–Trinajstić information content (AvgIpc) is 3.55. The molecule has 1 aliphatic heterocycles. The Hall–Kier alpha value is -4.47. The molecule has 10 heteroatoms. The van der Waals surface area contributed by atoms with Crippen molar-refractivity contribution in [3.05, 3.63) is 65.4 Å². The molecule has 3 N–H and O–H groups in total. The van der Waals surface area contributed by atoms with E-state index >= 15 is 0 Å². The number of methoxy groups -OCH3 is 1. The molecule has 218 valence electrons. The van der Waals surface area contributed by atoms with Crippen LogP contribution in [-0.4, -0.2) is 64.4 Å². The summed E-state index contributed by atoms with van der Waals surface area (Å²) >= 11 is 0. The fraction of sp³-hybridized carbons (Fsp3) is 0.406. The summed E-state index contributed by atoms with van der Waals surface area (Å²) in [5.41, 5.74) is 2.89. The predicted molar refractivity (Wildman–Crippen MR) is 154 cm³/mol. The number of hydrogen-bond acceptors (Lipinski definition) is 6.